The van der Waals surface area contributed by atoms with Crippen LogP contribution in [0, 0.1) is 0 Å². The second-order valence-electron chi connectivity index (χ2n) is 6.69. The second-order valence-corrected chi connectivity index (χ2v) is 7.74. The number of carbonyl (C=O) groups is 1. The molecule has 6 nitrogen and oxygen atoms in total. The van der Waals surface area contributed by atoms with Gasteiger partial charge in [-0.25, -0.2) is 4.98 Å². The fourth-order valence-corrected chi connectivity index (χ4v) is 4.99. The zero-order valence-electron chi connectivity index (χ0n) is 14.5. The Bertz CT molecular complexity index is 761. The van der Waals surface area contributed by atoms with E-state index < -0.39 is 0 Å². The molecule has 134 valence electrons. The smallest absolute Gasteiger partial charge is 0.261 e. The van der Waals surface area contributed by atoms with Crippen molar-refractivity contribution in [1.82, 2.24) is 20.2 Å². The summed E-state index contributed by atoms with van der Waals surface area (Å²) in [5.74, 6) is -0.0190. The Morgan fingerprint density at radius 3 is 3.08 bits per heavy atom. The fraction of sp³-hybridized carbons (Fsp3) is 0.556. The van der Waals surface area contributed by atoms with Gasteiger partial charge in [0.25, 0.3) is 5.91 Å². The average Bonchev–Trinajstić information content (AvgIpc) is 3.28. The van der Waals surface area contributed by atoms with Crippen molar-refractivity contribution >= 4 is 17.2 Å². The van der Waals surface area contributed by atoms with Gasteiger partial charge in [0.15, 0.2) is 0 Å². The van der Waals surface area contributed by atoms with Gasteiger partial charge in [0.05, 0.1) is 30.1 Å². The summed E-state index contributed by atoms with van der Waals surface area (Å²) in [7, 11) is 0. The molecular formula is C18H24N4O2S. The van der Waals surface area contributed by atoms with Crippen molar-refractivity contribution in [2.75, 3.05) is 19.7 Å². The maximum atomic E-state index is 12.6. The van der Waals surface area contributed by atoms with E-state index in [-0.39, 0.29) is 11.5 Å². The molecule has 0 atom stereocenters. The number of piperidine rings is 1. The Hall–Kier alpha value is -1.70. The monoisotopic (exact) mass is 360 g/mol. The molecule has 0 aliphatic carbocycles. The summed E-state index contributed by atoms with van der Waals surface area (Å²) in [6.45, 7) is 6.10. The van der Waals surface area contributed by atoms with E-state index in [4.69, 9.17) is 4.74 Å². The standard InChI is InChI=1S/C18H24N4O2S/c1-2-22-11-14(21-12-22)10-20-17(23)15-9-13-3-8-24-18(16(13)25-15)4-6-19-7-5-18/h9,11-12,19H,2-8,10H2,1H3,(H,20,23). The topological polar surface area (TPSA) is 68.2 Å². The summed E-state index contributed by atoms with van der Waals surface area (Å²) in [5, 5.41) is 6.39. The predicted octanol–water partition coefficient (Wildman–Crippen LogP) is 2.05. The van der Waals surface area contributed by atoms with Gasteiger partial charge in [-0.15, -0.1) is 11.3 Å². The fourth-order valence-electron chi connectivity index (χ4n) is 3.66. The quantitative estimate of drug-likeness (QED) is 0.876. The summed E-state index contributed by atoms with van der Waals surface area (Å²) >= 11 is 1.60. The first-order valence-electron chi connectivity index (χ1n) is 8.97. The highest BCUT2D eigenvalue weighted by Gasteiger charge is 2.41. The van der Waals surface area contributed by atoms with Crippen molar-refractivity contribution in [3.63, 3.8) is 0 Å². The van der Waals surface area contributed by atoms with E-state index in [9.17, 15) is 4.79 Å². The highest BCUT2D eigenvalue weighted by atomic mass is 32.1. The van der Waals surface area contributed by atoms with E-state index in [1.807, 2.05) is 10.8 Å². The third-order valence-electron chi connectivity index (χ3n) is 5.09. The SMILES string of the molecule is CCn1cnc(CNC(=O)c2cc3c(s2)C2(CCNCC2)OCC3)c1. The van der Waals surface area contributed by atoms with Crippen LogP contribution in [-0.4, -0.2) is 35.2 Å². The summed E-state index contributed by atoms with van der Waals surface area (Å²) in [6, 6.07) is 2.06. The van der Waals surface area contributed by atoms with Gasteiger partial charge in [-0.05, 0) is 50.9 Å². The summed E-state index contributed by atoms with van der Waals surface area (Å²) < 4.78 is 8.20. The second kappa shape index (κ2) is 6.90. The van der Waals surface area contributed by atoms with E-state index in [1.165, 1.54) is 10.4 Å². The van der Waals surface area contributed by atoms with Gasteiger partial charge in [-0.1, -0.05) is 0 Å². The lowest BCUT2D eigenvalue weighted by atomic mass is 9.86. The summed E-state index contributed by atoms with van der Waals surface area (Å²) in [5.41, 5.74) is 2.00. The Morgan fingerprint density at radius 2 is 2.32 bits per heavy atom. The molecule has 1 fully saturated rings. The highest BCUT2D eigenvalue weighted by Crippen LogP contribution is 2.44. The van der Waals surface area contributed by atoms with Crippen LogP contribution in [0.2, 0.25) is 0 Å². The van der Waals surface area contributed by atoms with Gasteiger partial charge < -0.3 is 19.9 Å². The minimum absolute atomic E-state index is 0.0190. The first kappa shape index (κ1) is 16.8. The third kappa shape index (κ3) is 3.23. The number of carbonyl (C=O) groups excluding carboxylic acids is 1. The number of amides is 1. The molecule has 2 aromatic heterocycles. The van der Waals surface area contributed by atoms with E-state index in [0.29, 0.717) is 6.54 Å². The third-order valence-corrected chi connectivity index (χ3v) is 6.45. The number of hydrogen-bond acceptors (Lipinski definition) is 5. The molecule has 4 rings (SSSR count). The Balaban J connectivity index is 1.48. The number of rotatable bonds is 4. The number of nitrogens with zero attached hydrogens (tertiary/aromatic N) is 2. The molecule has 2 N–H and O–H groups in total. The van der Waals surface area contributed by atoms with Gasteiger partial charge in [-0.2, -0.15) is 0 Å². The Kier molecular flexibility index (Phi) is 4.62. The molecule has 2 aliphatic rings. The van der Waals surface area contributed by atoms with Crippen LogP contribution < -0.4 is 10.6 Å². The van der Waals surface area contributed by atoms with Crippen molar-refractivity contribution in [3.8, 4) is 0 Å². The zero-order valence-corrected chi connectivity index (χ0v) is 15.3. The molecule has 0 bridgehead atoms. The van der Waals surface area contributed by atoms with Crippen LogP contribution >= 0.6 is 11.3 Å². The lowest BCUT2D eigenvalue weighted by Crippen LogP contribution is -2.43. The first-order valence-corrected chi connectivity index (χ1v) is 9.78. The van der Waals surface area contributed by atoms with E-state index >= 15 is 0 Å². The molecule has 0 unspecified atom stereocenters. The van der Waals surface area contributed by atoms with Gasteiger partial charge >= 0.3 is 0 Å². The molecule has 2 aromatic rings. The van der Waals surface area contributed by atoms with Crippen LogP contribution in [0.3, 0.4) is 0 Å². The number of aryl methyl sites for hydroxylation is 1. The molecule has 7 heteroatoms. The van der Waals surface area contributed by atoms with Gasteiger partial charge in [0, 0.05) is 17.6 Å². The maximum absolute atomic E-state index is 12.6. The Morgan fingerprint density at radius 1 is 1.48 bits per heavy atom. The van der Waals surface area contributed by atoms with Gasteiger partial charge in [0.1, 0.15) is 5.60 Å². The summed E-state index contributed by atoms with van der Waals surface area (Å²) in [6.07, 6.45) is 6.63. The van der Waals surface area contributed by atoms with E-state index in [2.05, 4.69) is 28.6 Å². The van der Waals surface area contributed by atoms with Crippen molar-refractivity contribution in [1.29, 1.82) is 0 Å². The molecule has 1 saturated heterocycles. The van der Waals surface area contributed by atoms with E-state index in [0.717, 1.165) is 56.1 Å². The lowest BCUT2D eigenvalue weighted by molar-refractivity contribution is -0.0771. The molecule has 0 radical (unpaired) electrons. The molecule has 2 aliphatic heterocycles. The predicted molar refractivity (Wildman–Crippen MR) is 96.8 cm³/mol. The van der Waals surface area contributed by atoms with Crippen LogP contribution in [0.4, 0.5) is 0 Å². The molecular weight excluding hydrogens is 336 g/mol. The van der Waals surface area contributed by atoms with Crippen molar-refractivity contribution in [3.05, 3.63) is 39.6 Å². The molecule has 1 spiro atoms. The summed E-state index contributed by atoms with van der Waals surface area (Å²) in [4.78, 5) is 19.0. The van der Waals surface area contributed by atoms with Crippen LogP contribution in [0.1, 0.15) is 45.6 Å². The lowest BCUT2D eigenvalue weighted by Gasteiger charge is -2.40. The van der Waals surface area contributed by atoms with Crippen molar-refractivity contribution in [2.24, 2.45) is 0 Å². The van der Waals surface area contributed by atoms with Crippen molar-refractivity contribution in [2.45, 2.75) is 44.9 Å². The first-order chi connectivity index (χ1) is 12.2. The number of fused-ring (bicyclic) bond motifs is 2. The molecule has 25 heavy (non-hydrogen) atoms. The molecule has 1 amide bonds. The minimum atomic E-state index is -0.179. The molecule has 4 heterocycles. The van der Waals surface area contributed by atoms with E-state index in [1.54, 1.807) is 17.7 Å². The number of ether oxygens (including phenoxy) is 1. The number of hydrogen-bond donors (Lipinski definition) is 2. The average molecular weight is 360 g/mol. The van der Waals surface area contributed by atoms with Crippen LogP contribution in [-0.2, 0) is 29.8 Å². The van der Waals surface area contributed by atoms with Crippen LogP contribution in [0.5, 0.6) is 0 Å². The zero-order chi connectivity index (χ0) is 17.3. The number of aromatic nitrogens is 2. The minimum Gasteiger partial charge on any atom is -0.369 e. The van der Waals surface area contributed by atoms with Crippen LogP contribution in [0.15, 0.2) is 18.6 Å². The largest absolute Gasteiger partial charge is 0.369 e. The highest BCUT2D eigenvalue weighted by molar-refractivity contribution is 7.14. The Labute approximate surface area is 151 Å². The molecule has 0 saturated carbocycles. The van der Waals surface area contributed by atoms with Gasteiger partial charge in [0.2, 0.25) is 0 Å². The number of thiophene rings is 1. The maximum Gasteiger partial charge on any atom is 0.261 e. The van der Waals surface area contributed by atoms with Crippen molar-refractivity contribution < 1.29 is 9.53 Å². The number of nitrogens with one attached hydrogen (secondary N) is 2. The number of imidazole rings is 1. The van der Waals surface area contributed by atoms with Gasteiger partial charge in [-0.3, -0.25) is 4.79 Å². The molecule has 0 aromatic carbocycles. The normalized spacial score (nSPS) is 18.9. The van der Waals surface area contributed by atoms with Crippen LogP contribution in [0.25, 0.3) is 0 Å².